The zero-order valence-electron chi connectivity index (χ0n) is 19.1. The number of pyridine rings is 1. The number of rotatable bonds is 8. The molecule has 0 aliphatic rings. The van der Waals surface area contributed by atoms with Crippen LogP contribution < -0.4 is 10.1 Å². The fraction of sp³-hybridized carbons (Fsp3) is 0.308. The van der Waals surface area contributed by atoms with Crippen molar-refractivity contribution in [2.24, 2.45) is 0 Å². The number of alkyl halides is 3. The molecule has 0 aliphatic carbocycles. The zero-order chi connectivity index (χ0) is 24.9. The summed E-state index contributed by atoms with van der Waals surface area (Å²) in [6, 6.07) is 18.6. The molecule has 0 radical (unpaired) electrons. The number of nitrogens with zero attached hydrogens (tertiary/aromatic N) is 1. The van der Waals surface area contributed by atoms with E-state index < -0.39 is 23.2 Å². The van der Waals surface area contributed by atoms with Crippen LogP contribution in [0.1, 0.15) is 43.4 Å². The molecule has 0 saturated carbocycles. The summed E-state index contributed by atoms with van der Waals surface area (Å²) in [5.74, 6) is -0.798. The lowest BCUT2D eigenvalue weighted by Crippen LogP contribution is -2.51. The smallest absolute Gasteiger partial charge is 0.416 e. The second kappa shape index (κ2) is 10.5. The Balaban J connectivity index is 1.76. The first-order chi connectivity index (χ1) is 16.0. The number of benzene rings is 2. The molecule has 1 N–H and O–H groups in total. The predicted octanol–water partition coefficient (Wildman–Crippen LogP) is 6.44. The van der Waals surface area contributed by atoms with Gasteiger partial charge in [-0.1, -0.05) is 54.1 Å². The summed E-state index contributed by atoms with van der Waals surface area (Å²) in [4.78, 5) is 16.9. The maximum atomic E-state index is 13.1. The number of ether oxygens (including phenoxy) is 1. The molecule has 1 heterocycles. The summed E-state index contributed by atoms with van der Waals surface area (Å²) < 4.78 is 44.6. The van der Waals surface area contributed by atoms with Gasteiger partial charge in [0.15, 0.2) is 5.60 Å². The summed E-state index contributed by atoms with van der Waals surface area (Å²) in [6.45, 7) is 4.88. The maximum Gasteiger partial charge on any atom is 0.416 e. The van der Waals surface area contributed by atoms with Gasteiger partial charge < -0.3 is 10.1 Å². The van der Waals surface area contributed by atoms with Crippen molar-refractivity contribution in [3.63, 3.8) is 0 Å². The SMILES string of the molecule is C[C@H](NC(=O)C(C)(C)Oc1cc(C(F)(F)F)ccn1)[C@@H](Cc1ccc(Cl)cc1)c1ccccc1. The van der Waals surface area contributed by atoms with Gasteiger partial charge in [-0.2, -0.15) is 13.2 Å². The standard InChI is InChI=1S/C26H26ClF3N2O2/c1-17(22(19-7-5-4-6-8-19)15-18-9-11-21(27)12-10-18)32-24(33)25(2,3)34-23-16-20(13-14-31-23)26(28,29)30/h4-14,16-17,22H,15H2,1-3H3,(H,32,33)/t17-,22+/m0/s1. The number of carbonyl (C=O) groups excluding carboxylic acids is 1. The van der Waals surface area contributed by atoms with Crippen LogP contribution in [0.15, 0.2) is 72.9 Å². The third-order valence-electron chi connectivity index (χ3n) is 5.53. The molecule has 1 amide bonds. The third kappa shape index (κ3) is 6.73. The van der Waals surface area contributed by atoms with Gasteiger partial charge in [0.1, 0.15) is 0 Å². The molecule has 8 heteroatoms. The van der Waals surface area contributed by atoms with Crippen LogP contribution in [0, 0.1) is 0 Å². The minimum atomic E-state index is -4.54. The van der Waals surface area contributed by atoms with Crippen LogP contribution in [0.4, 0.5) is 13.2 Å². The zero-order valence-corrected chi connectivity index (χ0v) is 19.8. The van der Waals surface area contributed by atoms with E-state index in [4.69, 9.17) is 16.3 Å². The molecule has 0 fully saturated rings. The Hall–Kier alpha value is -3.06. The van der Waals surface area contributed by atoms with E-state index in [1.807, 2.05) is 61.5 Å². The molecule has 4 nitrogen and oxygen atoms in total. The second-order valence-electron chi connectivity index (χ2n) is 8.60. The summed E-state index contributed by atoms with van der Waals surface area (Å²) in [5.41, 5.74) is -0.242. The summed E-state index contributed by atoms with van der Waals surface area (Å²) in [6.07, 6.45) is -2.88. The van der Waals surface area contributed by atoms with Crippen molar-refractivity contribution in [2.75, 3.05) is 0 Å². The van der Waals surface area contributed by atoms with Crippen molar-refractivity contribution in [2.45, 2.75) is 50.9 Å². The van der Waals surface area contributed by atoms with E-state index in [2.05, 4.69) is 10.3 Å². The molecule has 1 aromatic heterocycles. The van der Waals surface area contributed by atoms with Crippen LogP contribution in [-0.2, 0) is 17.4 Å². The fourth-order valence-electron chi connectivity index (χ4n) is 3.59. The van der Waals surface area contributed by atoms with Gasteiger partial charge in [0, 0.05) is 29.2 Å². The molecule has 2 atom stereocenters. The van der Waals surface area contributed by atoms with Gasteiger partial charge in [0.25, 0.3) is 5.91 Å². The Morgan fingerprint density at radius 1 is 1.06 bits per heavy atom. The lowest BCUT2D eigenvalue weighted by molar-refractivity contribution is -0.138. The second-order valence-corrected chi connectivity index (χ2v) is 9.04. The number of hydrogen-bond acceptors (Lipinski definition) is 3. The highest BCUT2D eigenvalue weighted by Crippen LogP contribution is 2.31. The lowest BCUT2D eigenvalue weighted by atomic mass is 9.86. The Bertz CT molecular complexity index is 1100. The van der Waals surface area contributed by atoms with Crippen LogP contribution >= 0.6 is 11.6 Å². The molecule has 0 aliphatic heterocycles. The predicted molar refractivity (Wildman–Crippen MR) is 126 cm³/mol. The first-order valence-corrected chi connectivity index (χ1v) is 11.2. The largest absolute Gasteiger partial charge is 0.462 e. The summed E-state index contributed by atoms with van der Waals surface area (Å²) in [5, 5.41) is 3.62. The normalized spacial score (nSPS) is 13.7. The van der Waals surface area contributed by atoms with Crippen molar-refractivity contribution in [3.05, 3.63) is 94.6 Å². The van der Waals surface area contributed by atoms with E-state index in [0.29, 0.717) is 11.4 Å². The van der Waals surface area contributed by atoms with Crippen molar-refractivity contribution < 1.29 is 22.7 Å². The minimum Gasteiger partial charge on any atom is -0.462 e. The molecule has 34 heavy (non-hydrogen) atoms. The molecule has 0 saturated heterocycles. The van der Waals surface area contributed by atoms with E-state index in [0.717, 1.165) is 29.5 Å². The van der Waals surface area contributed by atoms with E-state index in [-0.39, 0.29) is 17.8 Å². The van der Waals surface area contributed by atoms with Crippen LogP contribution in [-0.4, -0.2) is 22.5 Å². The van der Waals surface area contributed by atoms with Crippen LogP contribution in [0.5, 0.6) is 5.88 Å². The molecule has 3 rings (SSSR count). The number of carbonyl (C=O) groups is 1. The van der Waals surface area contributed by atoms with E-state index in [1.165, 1.54) is 13.8 Å². The van der Waals surface area contributed by atoms with Crippen molar-refractivity contribution in [1.82, 2.24) is 10.3 Å². The number of amides is 1. The van der Waals surface area contributed by atoms with Crippen LogP contribution in [0.2, 0.25) is 5.02 Å². The monoisotopic (exact) mass is 490 g/mol. The number of nitrogens with one attached hydrogen (secondary N) is 1. The van der Waals surface area contributed by atoms with Gasteiger partial charge in [0.05, 0.1) is 5.56 Å². The van der Waals surface area contributed by atoms with Gasteiger partial charge in [-0.15, -0.1) is 0 Å². The van der Waals surface area contributed by atoms with Gasteiger partial charge in [-0.05, 0) is 56.5 Å². The molecule has 3 aromatic rings. The molecule has 180 valence electrons. The molecule has 2 aromatic carbocycles. The molecule has 0 spiro atoms. The van der Waals surface area contributed by atoms with Crippen molar-refractivity contribution >= 4 is 17.5 Å². The third-order valence-corrected chi connectivity index (χ3v) is 5.78. The Morgan fingerprint density at radius 2 is 1.71 bits per heavy atom. The molecular weight excluding hydrogens is 465 g/mol. The van der Waals surface area contributed by atoms with Gasteiger partial charge in [-0.3, -0.25) is 4.79 Å². The first-order valence-electron chi connectivity index (χ1n) is 10.8. The van der Waals surface area contributed by atoms with E-state index in [9.17, 15) is 18.0 Å². The topological polar surface area (TPSA) is 51.2 Å². The molecular formula is C26H26ClF3N2O2. The number of aromatic nitrogens is 1. The average molecular weight is 491 g/mol. The van der Waals surface area contributed by atoms with Gasteiger partial charge in [0.2, 0.25) is 5.88 Å². The maximum absolute atomic E-state index is 13.1. The van der Waals surface area contributed by atoms with Crippen LogP contribution in [0.25, 0.3) is 0 Å². The molecule has 0 unspecified atom stereocenters. The number of hydrogen-bond donors (Lipinski definition) is 1. The van der Waals surface area contributed by atoms with Gasteiger partial charge in [-0.25, -0.2) is 4.98 Å². The highest BCUT2D eigenvalue weighted by atomic mass is 35.5. The van der Waals surface area contributed by atoms with Crippen molar-refractivity contribution in [3.8, 4) is 5.88 Å². The lowest BCUT2D eigenvalue weighted by Gasteiger charge is -2.30. The highest BCUT2D eigenvalue weighted by Gasteiger charge is 2.35. The Labute approximate surface area is 202 Å². The molecule has 0 bridgehead atoms. The van der Waals surface area contributed by atoms with Crippen molar-refractivity contribution in [1.29, 1.82) is 0 Å². The van der Waals surface area contributed by atoms with Crippen LogP contribution in [0.3, 0.4) is 0 Å². The first kappa shape index (κ1) is 25.6. The summed E-state index contributed by atoms with van der Waals surface area (Å²) in [7, 11) is 0. The summed E-state index contributed by atoms with van der Waals surface area (Å²) >= 11 is 6.01. The van der Waals surface area contributed by atoms with E-state index >= 15 is 0 Å². The Kier molecular flexibility index (Phi) is 7.87. The van der Waals surface area contributed by atoms with Gasteiger partial charge >= 0.3 is 6.18 Å². The Morgan fingerprint density at radius 3 is 2.32 bits per heavy atom. The minimum absolute atomic E-state index is 0.0613. The highest BCUT2D eigenvalue weighted by molar-refractivity contribution is 6.30. The van der Waals surface area contributed by atoms with E-state index in [1.54, 1.807) is 0 Å². The fourth-order valence-corrected chi connectivity index (χ4v) is 3.71. The average Bonchev–Trinajstić information content (AvgIpc) is 2.78. The number of halogens is 4. The quantitative estimate of drug-likeness (QED) is 0.395.